The molecule has 0 saturated carbocycles. The lowest BCUT2D eigenvalue weighted by Crippen LogP contribution is -2.16. The maximum absolute atomic E-state index is 12.2. The number of halogens is 2. The fourth-order valence-corrected chi connectivity index (χ4v) is 2.52. The van der Waals surface area contributed by atoms with E-state index >= 15 is 0 Å². The van der Waals surface area contributed by atoms with Gasteiger partial charge < -0.3 is 9.72 Å². The van der Waals surface area contributed by atoms with E-state index in [1.165, 1.54) is 4.57 Å². The van der Waals surface area contributed by atoms with Gasteiger partial charge in [0.05, 0.1) is 21.8 Å². The molecule has 1 N–H and O–H groups in total. The minimum atomic E-state index is -0.246. The average molecular weight is 343 g/mol. The lowest BCUT2D eigenvalue weighted by atomic mass is 9.93. The van der Waals surface area contributed by atoms with Crippen molar-refractivity contribution in [3.05, 3.63) is 44.6 Å². The van der Waals surface area contributed by atoms with Gasteiger partial charge in [0.2, 0.25) is 0 Å². The molecule has 0 atom stereocenters. The molecule has 2 rings (SSSR count). The van der Waals surface area contributed by atoms with E-state index in [1.54, 1.807) is 18.3 Å². The SMILES string of the molecule is CC(C)Oc1cc(-n2cc(C(C)(C)C)[nH]c2=O)c(Cl)cc1Cl. The van der Waals surface area contributed by atoms with Crippen molar-refractivity contribution >= 4 is 23.2 Å². The number of aromatic nitrogens is 2. The number of hydrogen-bond donors (Lipinski definition) is 1. The van der Waals surface area contributed by atoms with Gasteiger partial charge in [-0.15, -0.1) is 0 Å². The number of hydrogen-bond acceptors (Lipinski definition) is 2. The highest BCUT2D eigenvalue weighted by atomic mass is 35.5. The summed E-state index contributed by atoms with van der Waals surface area (Å²) in [6.07, 6.45) is 1.73. The smallest absolute Gasteiger partial charge is 0.330 e. The van der Waals surface area contributed by atoms with Crippen LogP contribution in [-0.4, -0.2) is 15.7 Å². The normalized spacial score (nSPS) is 12.0. The lowest BCUT2D eigenvalue weighted by molar-refractivity contribution is 0.242. The fourth-order valence-electron chi connectivity index (χ4n) is 2.00. The Morgan fingerprint density at radius 3 is 2.32 bits per heavy atom. The quantitative estimate of drug-likeness (QED) is 0.888. The van der Waals surface area contributed by atoms with Crippen LogP contribution in [0.15, 0.2) is 23.1 Å². The second kappa shape index (κ2) is 6.01. The molecule has 0 unspecified atom stereocenters. The van der Waals surface area contributed by atoms with E-state index in [0.717, 1.165) is 5.69 Å². The highest BCUT2D eigenvalue weighted by Gasteiger charge is 2.20. The van der Waals surface area contributed by atoms with E-state index in [2.05, 4.69) is 4.98 Å². The van der Waals surface area contributed by atoms with Crippen LogP contribution in [0.3, 0.4) is 0 Å². The molecule has 6 heteroatoms. The Morgan fingerprint density at radius 2 is 1.82 bits per heavy atom. The van der Waals surface area contributed by atoms with Crippen molar-refractivity contribution in [2.45, 2.75) is 46.1 Å². The van der Waals surface area contributed by atoms with Crippen molar-refractivity contribution in [3.8, 4) is 11.4 Å². The Kier molecular flexibility index (Phi) is 4.64. The van der Waals surface area contributed by atoms with Gasteiger partial charge in [-0.1, -0.05) is 44.0 Å². The van der Waals surface area contributed by atoms with E-state index in [1.807, 2.05) is 34.6 Å². The molecule has 22 heavy (non-hydrogen) atoms. The summed E-state index contributed by atoms with van der Waals surface area (Å²) in [6.45, 7) is 9.90. The Hall–Kier alpha value is -1.39. The summed E-state index contributed by atoms with van der Waals surface area (Å²) in [6, 6.07) is 3.28. The van der Waals surface area contributed by atoms with Crippen LogP contribution in [0.25, 0.3) is 5.69 Å². The van der Waals surface area contributed by atoms with Gasteiger partial charge in [0, 0.05) is 23.4 Å². The predicted octanol–water partition coefficient (Wildman–Crippen LogP) is 4.56. The number of nitrogens with zero attached hydrogens (tertiary/aromatic N) is 1. The summed E-state index contributed by atoms with van der Waals surface area (Å²) in [5.41, 5.74) is 0.957. The molecule has 0 radical (unpaired) electrons. The molecule has 1 aromatic carbocycles. The highest BCUT2D eigenvalue weighted by Crippen LogP contribution is 2.33. The molecule has 4 nitrogen and oxygen atoms in total. The molecular formula is C16H20Cl2N2O2. The average Bonchev–Trinajstić information content (AvgIpc) is 2.74. The van der Waals surface area contributed by atoms with Crippen molar-refractivity contribution < 1.29 is 4.74 Å². The second-order valence-electron chi connectivity index (χ2n) is 6.49. The van der Waals surface area contributed by atoms with E-state index in [-0.39, 0.29) is 17.2 Å². The Bertz CT molecular complexity index is 740. The zero-order valence-corrected chi connectivity index (χ0v) is 14.8. The van der Waals surface area contributed by atoms with Gasteiger partial charge in [-0.25, -0.2) is 4.79 Å². The number of imidazole rings is 1. The monoisotopic (exact) mass is 342 g/mol. The molecule has 0 bridgehead atoms. The number of H-pyrrole nitrogens is 1. The van der Waals surface area contributed by atoms with Crippen LogP contribution in [0.5, 0.6) is 5.75 Å². The number of rotatable bonds is 3. The van der Waals surface area contributed by atoms with Crippen molar-refractivity contribution in [2.75, 3.05) is 0 Å². The van der Waals surface area contributed by atoms with Crippen LogP contribution in [-0.2, 0) is 5.41 Å². The van der Waals surface area contributed by atoms with Gasteiger partial charge in [0.25, 0.3) is 0 Å². The summed E-state index contributed by atoms with van der Waals surface area (Å²) < 4.78 is 7.14. The maximum Gasteiger partial charge on any atom is 0.330 e. The van der Waals surface area contributed by atoms with Gasteiger partial charge in [0.15, 0.2) is 0 Å². The first-order valence-corrected chi connectivity index (χ1v) is 7.83. The van der Waals surface area contributed by atoms with Gasteiger partial charge in [-0.3, -0.25) is 4.57 Å². The van der Waals surface area contributed by atoms with Crippen LogP contribution in [0.1, 0.15) is 40.3 Å². The number of nitrogens with one attached hydrogen (secondary N) is 1. The van der Waals surface area contributed by atoms with Gasteiger partial charge in [-0.05, 0) is 19.9 Å². The molecule has 2 aromatic rings. The number of aromatic amines is 1. The topological polar surface area (TPSA) is 47.0 Å². The van der Waals surface area contributed by atoms with Crippen LogP contribution in [0, 0.1) is 0 Å². The first-order chi connectivity index (χ1) is 10.1. The molecule has 1 heterocycles. The molecule has 0 amide bonds. The van der Waals surface area contributed by atoms with Crippen LogP contribution >= 0.6 is 23.2 Å². The van der Waals surface area contributed by atoms with Gasteiger partial charge in [-0.2, -0.15) is 0 Å². The van der Waals surface area contributed by atoms with Crippen molar-refractivity contribution in [3.63, 3.8) is 0 Å². The first-order valence-electron chi connectivity index (χ1n) is 7.08. The molecular weight excluding hydrogens is 323 g/mol. The molecule has 120 valence electrons. The standard InChI is InChI=1S/C16H20Cl2N2O2/c1-9(2)22-13-7-12(10(17)6-11(13)18)20-8-14(16(3,4)5)19-15(20)21/h6-9H,1-5H3,(H,19,21). The third-order valence-corrected chi connectivity index (χ3v) is 3.75. The number of ether oxygens (including phenoxy) is 1. The number of benzene rings is 1. The summed E-state index contributed by atoms with van der Waals surface area (Å²) in [4.78, 5) is 15.1. The van der Waals surface area contributed by atoms with Crippen molar-refractivity contribution in [1.82, 2.24) is 9.55 Å². The molecule has 0 aliphatic heterocycles. The van der Waals surface area contributed by atoms with Crippen molar-refractivity contribution in [2.24, 2.45) is 0 Å². The lowest BCUT2D eigenvalue weighted by Gasteiger charge is -2.15. The van der Waals surface area contributed by atoms with Crippen molar-refractivity contribution in [1.29, 1.82) is 0 Å². The minimum Gasteiger partial charge on any atom is -0.489 e. The van der Waals surface area contributed by atoms with Gasteiger partial charge in [0.1, 0.15) is 5.75 Å². The zero-order chi connectivity index (χ0) is 16.7. The Labute approximate surface area is 140 Å². The van der Waals surface area contributed by atoms with Crippen LogP contribution in [0.4, 0.5) is 0 Å². The highest BCUT2D eigenvalue weighted by molar-refractivity contribution is 6.36. The molecule has 0 spiro atoms. The molecule has 0 aliphatic carbocycles. The predicted molar refractivity (Wildman–Crippen MR) is 90.9 cm³/mol. The molecule has 0 fully saturated rings. The van der Waals surface area contributed by atoms with Gasteiger partial charge >= 0.3 is 5.69 Å². The van der Waals surface area contributed by atoms with E-state index < -0.39 is 0 Å². The maximum atomic E-state index is 12.2. The first kappa shape index (κ1) is 17.0. The van der Waals surface area contributed by atoms with Crippen LogP contribution < -0.4 is 10.4 Å². The molecule has 1 aromatic heterocycles. The van der Waals surface area contributed by atoms with Crippen LogP contribution in [0.2, 0.25) is 10.0 Å². The zero-order valence-electron chi connectivity index (χ0n) is 13.3. The largest absolute Gasteiger partial charge is 0.489 e. The summed E-state index contributed by atoms with van der Waals surface area (Å²) in [7, 11) is 0. The molecule has 0 saturated heterocycles. The third kappa shape index (κ3) is 3.50. The second-order valence-corrected chi connectivity index (χ2v) is 7.31. The summed E-state index contributed by atoms with van der Waals surface area (Å²) >= 11 is 12.4. The Balaban J connectivity index is 2.58. The Morgan fingerprint density at radius 1 is 1.18 bits per heavy atom. The molecule has 0 aliphatic rings. The summed E-state index contributed by atoms with van der Waals surface area (Å²) in [5.74, 6) is 0.501. The van der Waals surface area contributed by atoms with E-state index in [4.69, 9.17) is 27.9 Å². The summed E-state index contributed by atoms with van der Waals surface area (Å²) in [5, 5.41) is 0.810. The fraction of sp³-hybridized carbons (Fsp3) is 0.438. The van der Waals surface area contributed by atoms with E-state index in [9.17, 15) is 4.79 Å². The third-order valence-electron chi connectivity index (χ3n) is 3.15. The minimum absolute atomic E-state index is 0.0281. The van der Waals surface area contributed by atoms with E-state index in [0.29, 0.717) is 21.5 Å².